The summed E-state index contributed by atoms with van der Waals surface area (Å²) < 4.78 is 0. The zero-order chi connectivity index (χ0) is 10.6. The van der Waals surface area contributed by atoms with Crippen LogP contribution in [0, 0.1) is 0 Å². The van der Waals surface area contributed by atoms with Crippen molar-refractivity contribution in [2.45, 2.75) is 26.0 Å². The van der Waals surface area contributed by atoms with E-state index >= 15 is 0 Å². The van der Waals surface area contributed by atoms with Crippen molar-refractivity contribution in [3.05, 3.63) is 29.8 Å². The van der Waals surface area contributed by atoms with Crippen LogP contribution in [0.2, 0.25) is 0 Å². The van der Waals surface area contributed by atoms with Crippen LogP contribution >= 0.6 is 0 Å². The lowest BCUT2D eigenvalue weighted by Gasteiger charge is -2.14. The van der Waals surface area contributed by atoms with Gasteiger partial charge in [0.25, 0.3) is 0 Å². The van der Waals surface area contributed by atoms with Crippen molar-refractivity contribution in [3.8, 4) is 5.75 Å². The molecule has 3 nitrogen and oxygen atoms in total. The van der Waals surface area contributed by atoms with Gasteiger partial charge in [-0.2, -0.15) is 0 Å². The van der Waals surface area contributed by atoms with E-state index in [1.807, 2.05) is 13.8 Å². The number of hydrogen-bond acceptors (Lipinski definition) is 3. The standard InChI is InChI=1S/C11H17NO2/c1-8(2)12-7-11(14)9-3-5-10(13)6-4-9/h3-6,8,11-14H,7H2,1-2H3/t11-/m1/s1. The normalized spacial score (nSPS) is 13.1. The highest BCUT2D eigenvalue weighted by Crippen LogP contribution is 2.15. The maximum atomic E-state index is 9.72. The third-order valence-corrected chi connectivity index (χ3v) is 2.00. The lowest BCUT2D eigenvalue weighted by Crippen LogP contribution is -2.27. The molecule has 1 rings (SSSR count). The van der Waals surface area contributed by atoms with Crippen molar-refractivity contribution in [3.63, 3.8) is 0 Å². The van der Waals surface area contributed by atoms with E-state index in [0.717, 1.165) is 5.56 Å². The predicted octanol–water partition coefficient (Wildman–Crippen LogP) is 1.42. The Hall–Kier alpha value is -1.06. The molecule has 0 saturated carbocycles. The van der Waals surface area contributed by atoms with Crippen LogP contribution in [0.3, 0.4) is 0 Å². The lowest BCUT2D eigenvalue weighted by atomic mass is 10.1. The van der Waals surface area contributed by atoms with Crippen LogP contribution < -0.4 is 5.32 Å². The number of aliphatic hydroxyl groups is 1. The first-order valence-corrected chi connectivity index (χ1v) is 4.80. The summed E-state index contributed by atoms with van der Waals surface area (Å²) in [7, 11) is 0. The van der Waals surface area contributed by atoms with Gasteiger partial charge in [0.15, 0.2) is 0 Å². The van der Waals surface area contributed by atoms with Gasteiger partial charge in [0.2, 0.25) is 0 Å². The molecule has 0 aliphatic carbocycles. The molecule has 0 unspecified atom stereocenters. The highest BCUT2D eigenvalue weighted by atomic mass is 16.3. The van der Waals surface area contributed by atoms with E-state index < -0.39 is 6.10 Å². The Labute approximate surface area is 84.4 Å². The lowest BCUT2D eigenvalue weighted by molar-refractivity contribution is 0.171. The van der Waals surface area contributed by atoms with Gasteiger partial charge in [0.05, 0.1) is 6.10 Å². The van der Waals surface area contributed by atoms with Crippen LogP contribution in [0.15, 0.2) is 24.3 Å². The van der Waals surface area contributed by atoms with E-state index in [2.05, 4.69) is 5.32 Å². The molecule has 1 atom stereocenters. The van der Waals surface area contributed by atoms with Crippen molar-refractivity contribution in [2.75, 3.05) is 6.54 Å². The second-order valence-corrected chi connectivity index (χ2v) is 3.67. The fourth-order valence-electron chi connectivity index (χ4n) is 1.16. The van der Waals surface area contributed by atoms with E-state index in [9.17, 15) is 5.11 Å². The van der Waals surface area contributed by atoms with Crippen molar-refractivity contribution >= 4 is 0 Å². The van der Waals surface area contributed by atoms with E-state index in [1.165, 1.54) is 0 Å². The minimum atomic E-state index is -0.516. The summed E-state index contributed by atoms with van der Waals surface area (Å²) in [4.78, 5) is 0. The molecule has 0 heterocycles. The number of phenols is 1. The van der Waals surface area contributed by atoms with Crippen LogP contribution in [0.4, 0.5) is 0 Å². The second-order valence-electron chi connectivity index (χ2n) is 3.67. The Morgan fingerprint density at radius 1 is 1.21 bits per heavy atom. The van der Waals surface area contributed by atoms with Gasteiger partial charge in [0.1, 0.15) is 5.75 Å². The Morgan fingerprint density at radius 2 is 1.79 bits per heavy atom. The van der Waals surface area contributed by atoms with Crippen LogP contribution in [-0.2, 0) is 0 Å². The van der Waals surface area contributed by atoms with Gasteiger partial charge in [-0.15, -0.1) is 0 Å². The first-order chi connectivity index (χ1) is 6.59. The highest BCUT2D eigenvalue weighted by Gasteiger charge is 2.07. The number of aliphatic hydroxyl groups excluding tert-OH is 1. The number of phenolic OH excluding ortho intramolecular Hbond substituents is 1. The van der Waals surface area contributed by atoms with Gasteiger partial charge in [-0.25, -0.2) is 0 Å². The summed E-state index contributed by atoms with van der Waals surface area (Å²) in [5.74, 6) is 0.220. The van der Waals surface area contributed by atoms with Crippen LogP contribution in [0.1, 0.15) is 25.5 Å². The summed E-state index contributed by atoms with van der Waals surface area (Å²) in [6.45, 7) is 4.59. The average Bonchev–Trinajstić information content (AvgIpc) is 2.15. The van der Waals surface area contributed by atoms with E-state index in [-0.39, 0.29) is 5.75 Å². The maximum absolute atomic E-state index is 9.72. The minimum absolute atomic E-state index is 0.220. The maximum Gasteiger partial charge on any atom is 0.115 e. The Bertz CT molecular complexity index is 269. The summed E-state index contributed by atoms with van der Waals surface area (Å²) in [6.07, 6.45) is -0.516. The highest BCUT2D eigenvalue weighted by molar-refractivity contribution is 5.27. The Morgan fingerprint density at radius 3 is 2.29 bits per heavy atom. The average molecular weight is 195 g/mol. The molecule has 1 aromatic rings. The van der Waals surface area contributed by atoms with Gasteiger partial charge in [0, 0.05) is 12.6 Å². The van der Waals surface area contributed by atoms with Crippen molar-refractivity contribution in [1.29, 1.82) is 0 Å². The molecule has 0 fully saturated rings. The van der Waals surface area contributed by atoms with Gasteiger partial charge in [-0.05, 0) is 17.7 Å². The zero-order valence-corrected chi connectivity index (χ0v) is 8.57. The number of rotatable bonds is 4. The van der Waals surface area contributed by atoms with Gasteiger partial charge in [-0.3, -0.25) is 0 Å². The molecule has 0 aromatic heterocycles. The molecule has 1 aromatic carbocycles. The van der Waals surface area contributed by atoms with Crippen LogP contribution in [-0.4, -0.2) is 22.8 Å². The van der Waals surface area contributed by atoms with Crippen molar-refractivity contribution < 1.29 is 10.2 Å². The number of benzene rings is 1. The zero-order valence-electron chi connectivity index (χ0n) is 8.57. The topological polar surface area (TPSA) is 52.5 Å². The summed E-state index contributed by atoms with van der Waals surface area (Å²) in [5, 5.41) is 21.9. The molecule has 0 saturated heterocycles. The summed E-state index contributed by atoms with van der Waals surface area (Å²) >= 11 is 0. The number of nitrogens with one attached hydrogen (secondary N) is 1. The molecule has 0 bridgehead atoms. The molecular weight excluding hydrogens is 178 g/mol. The molecule has 78 valence electrons. The van der Waals surface area contributed by atoms with Gasteiger partial charge >= 0.3 is 0 Å². The van der Waals surface area contributed by atoms with Crippen molar-refractivity contribution in [1.82, 2.24) is 5.32 Å². The first-order valence-electron chi connectivity index (χ1n) is 4.80. The largest absolute Gasteiger partial charge is 0.508 e. The predicted molar refractivity (Wildman–Crippen MR) is 56.2 cm³/mol. The molecular formula is C11H17NO2. The SMILES string of the molecule is CC(C)NC[C@@H](O)c1ccc(O)cc1. The molecule has 3 heteroatoms. The fraction of sp³-hybridized carbons (Fsp3) is 0.455. The molecule has 3 N–H and O–H groups in total. The van der Waals surface area contributed by atoms with Gasteiger partial charge < -0.3 is 15.5 Å². The van der Waals surface area contributed by atoms with Gasteiger partial charge in [-0.1, -0.05) is 26.0 Å². The van der Waals surface area contributed by atoms with Crippen molar-refractivity contribution in [2.24, 2.45) is 0 Å². The first kappa shape index (κ1) is 11.0. The Kier molecular flexibility index (Phi) is 3.92. The molecule has 14 heavy (non-hydrogen) atoms. The summed E-state index contributed by atoms with van der Waals surface area (Å²) in [6, 6.07) is 6.97. The smallest absolute Gasteiger partial charge is 0.115 e. The quantitative estimate of drug-likeness (QED) is 0.681. The second kappa shape index (κ2) is 4.98. The van der Waals surface area contributed by atoms with E-state index in [0.29, 0.717) is 12.6 Å². The molecule has 0 spiro atoms. The number of hydrogen-bond donors (Lipinski definition) is 3. The third kappa shape index (κ3) is 3.36. The Balaban J connectivity index is 2.52. The third-order valence-electron chi connectivity index (χ3n) is 2.00. The molecule has 0 aliphatic rings. The van der Waals surface area contributed by atoms with Crippen LogP contribution in [0.5, 0.6) is 5.75 Å². The van der Waals surface area contributed by atoms with E-state index in [1.54, 1.807) is 24.3 Å². The monoisotopic (exact) mass is 195 g/mol. The summed E-state index contributed by atoms with van der Waals surface area (Å²) in [5.41, 5.74) is 0.816. The number of aromatic hydroxyl groups is 1. The molecule has 0 radical (unpaired) electrons. The molecule has 0 aliphatic heterocycles. The minimum Gasteiger partial charge on any atom is -0.508 e. The van der Waals surface area contributed by atoms with E-state index in [4.69, 9.17) is 5.11 Å². The molecule has 0 amide bonds. The van der Waals surface area contributed by atoms with Crippen LogP contribution in [0.25, 0.3) is 0 Å². The fourth-order valence-corrected chi connectivity index (χ4v) is 1.16.